The van der Waals surface area contributed by atoms with E-state index in [1.54, 1.807) is 14.2 Å². The molecular formula is C21H33NO3. The molecule has 25 heavy (non-hydrogen) atoms. The summed E-state index contributed by atoms with van der Waals surface area (Å²) in [4.78, 5) is 2.28. The number of aliphatic hydroxyl groups excluding tert-OH is 1. The average molecular weight is 347 g/mol. The lowest BCUT2D eigenvalue weighted by Gasteiger charge is -2.47. The van der Waals surface area contributed by atoms with Gasteiger partial charge < -0.3 is 14.6 Å². The van der Waals surface area contributed by atoms with Gasteiger partial charge >= 0.3 is 0 Å². The predicted molar refractivity (Wildman–Crippen MR) is 100 cm³/mol. The van der Waals surface area contributed by atoms with Gasteiger partial charge in [0.15, 0.2) is 0 Å². The second kappa shape index (κ2) is 6.81. The summed E-state index contributed by atoms with van der Waals surface area (Å²) >= 11 is 0. The summed E-state index contributed by atoms with van der Waals surface area (Å²) in [7, 11) is 3.37. The van der Waals surface area contributed by atoms with E-state index in [9.17, 15) is 5.11 Å². The second-order valence-electron chi connectivity index (χ2n) is 8.83. The van der Waals surface area contributed by atoms with Gasteiger partial charge in [0.2, 0.25) is 0 Å². The zero-order valence-corrected chi connectivity index (χ0v) is 16.3. The number of methoxy groups -OCH3 is 2. The molecule has 0 radical (unpaired) electrons. The molecule has 2 heterocycles. The Hall–Kier alpha value is -1.26. The van der Waals surface area contributed by atoms with Crippen LogP contribution in [0.25, 0.3) is 0 Å². The number of hydrogen-bond acceptors (Lipinski definition) is 4. The fraction of sp³-hybridized carbons (Fsp3) is 0.714. The molecule has 2 aliphatic heterocycles. The minimum atomic E-state index is -0.439. The van der Waals surface area contributed by atoms with Crippen molar-refractivity contribution in [2.24, 2.45) is 11.3 Å². The van der Waals surface area contributed by atoms with Gasteiger partial charge in [-0.1, -0.05) is 20.8 Å². The molecule has 0 amide bonds. The van der Waals surface area contributed by atoms with Crippen LogP contribution >= 0.6 is 0 Å². The molecule has 0 saturated carbocycles. The fourth-order valence-corrected chi connectivity index (χ4v) is 4.75. The summed E-state index contributed by atoms with van der Waals surface area (Å²) in [6, 6.07) is 6.10. The summed E-state index contributed by atoms with van der Waals surface area (Å²) < 4.78 is 11.0. The van der Waals surface area contributed by atoms with Crippen LogP contribution in [-0.2, 0) is 5.41 Å². The summed E-state index contributed by atoms with van der Waals surface area (Å²) in [5.41, 5.74) is 1.13. The lowest BCUT2D eigenvalue weighted by molar-refractivity contribution is -0.0796. The SMILES string of the molecule is COc1cc(OC)cc([C@]23CCCN(CC[C@H](C(C)(C)C)C2)C3O)c1. The molecule has 2 aliphatic rings. The quantitative estimate of drug-likeness (QED) is 0.903. The van der Waals surface area contributed by atoms with Gasteiger partial charge in [-0.15, -0.1) is 0 Å². The van der Waals surface area contributed by atoms with E-state index in [0.29, 0.717) is 5.92 Å². The molecule has 1 aromatic rings. The number of benzene rings is 1. The lowest BCUT2D eigenvalue weighted by Crippen LogP contribution is -2.54. The van der Waals surface area contributed by atoms with E-state index in [4.69, 9.17) is 9.47 Å². The minimum absolute atomic E-state index is 0.230. The molecule has 2 unspecified atom stereocenters. The zero-order valence-electron chi connectivity index (χ0n) is 16.3. The number of nitrogens with zero attached hydrogens (tertiary/aromatic N) is 1. The second-order valence-corrected chi connectivity index (χ2v) is 8.83. The monoisotopic (exact) mass is 347 g/mol. The molecule has 2 bridgehead atoms. The maximum atomic E-state index is 11.3. The van der Waals surface area contributed by atoms with Crippen molar-refractivity contribution < 1.29 is 14.6 Å². The maximum absolute atomic E-state index is 11.3. The number of fused-ring (bicyclic) bond motifs is 2. The van der Waals surface area contributed by atoms with Crippen LogP contribution in [0.15, 0.2) is 18.2 Å². The van der Waals surface area contributed by atoms with Gasteiger partial charge in [-0.2, -0.15) is 0 Å². The van der Waals surface area contributed by atoms with E-state index in [1.807, 2.05) is 6.07 Å². The van der Waals surface area contributed by atoms with Crippen LogP contribution < -0.4 is 9.47 Å². The summed E-state index contributed by atoms with van der Waals surface area (Å²) in [6.07, 6.45) is 3.83. The first kappa shape index (κ1) is 18.5. The van der Waals surface area contributed by atoms with Crippen molar-refractivity contribution in [3.63, 3.8) is 0 Å². The summed E-state index contributed by atoms with van der Waals surface area (Å²) in [6.45, 7) is 8.95. The zero-order chi connectivity index (χ0) is 18.2. The Balaban J connectivity index is 2.10. The van der Waals surface area contributed by atoms with E-state index in [0.717, 1.165) is 55.8 Å². The number of piperidine rings is 1. The first-order chi connectivity index (χ1) is 11.8. The molecule has 0 aromatic heterocycles. The van der Waals surface area contributed by atoms with Gasteiger partial charge in [0, 0.05) is 24.6 Å². The topological polar surface area (TPSA) is 41.9 Å². The Bertz CT molecular complexity index is 587. The van der Waals surface area contributed by atoms with Crippen molar-refractivity contribution in [3.8, 4) is 11.5 Å². The molecule has 4 nitrogen and oxygen atoms in total. The highest BCUT2D eigenvalue weighted by atomic mass is 16.5. The molecule has 1 aromatic carbocycles. The van der Waals surface area contributed by atoms with Gasteiger partial charge in [-0.3, -0.25) is 4.90 Å². The smallest absolute Gasteiger partial charge is 0.122 e. The Morgan fingerprint density at radius 2 is 1.72 bits per heavy atom. The summed E-state index contributed by atoms with van der Waals surface area (Å²) in [5.74, 6) is 2.16. The van der Waals surface area contributed by atoms with Crippen LogP contribution in [-0.4, -0.2) is 43.5 Å². The molecule has 140 valence electrons. The van der Waals surface area contributed by atoms with E-state index in [-0.39, 0.29) is 10.8 Å². The number of hydrogen-bond donors (Lipinski definition) is 1. The van der Waals surface area contributed by atoms with Crippen molar-refractivity contribution in [1.29, 1.82) is 0 Å². The van der Waals surface area contributed by atoms with Crippen molar-refractivity contribution in [2.75, 3.05) is 27.3 Å². The number of ether oxygens (including phenoxy) is 2. The highest BCUT2D eigenvalue weighted by molar-refractivity contribution is 5.43. The number of aliphatic hydroxyl groups is 1. The fourth-order valence-electron chi connectivity index (χ4n) is 4.75. The molecule has 0 aliphatic carbocycles. The van der Waals surface area contributed by atoms with Gasteiger partial charge in [0.25, 0.3) is 0 Å². The van der Waals surface area contributed by atoms with Crippen molar-refractivity contribution in [1.82, 2.24) is 4.90 Å². The third-order valence-electron chi connectivity index (χ3n) is 6.43. The molecule has 0 spiro atoms. The standard InChI is InChI=1S/C21H33NO3/c1-20(2,3)15-7-10-22-9-6-8-21(14-15,19(22)23)16-11-17(24-4)13-18(12-16)25-5/h11-13,15,19,23H,6-10,14H2,1-5H3/t15-,19?,21-/m0/s1. The van der Waals surface area contributed by atoms with Crippen LogP contribution in [0.1, 0.15) is 52.0 Å². The van der Waals surface area contributed by atoms with E-state index in [2.05, 4.69) is 37.8 Å². The minimum Gasteiger partial charge on any atom is -0.497 e. The van der Waals surface area contributed by atoms with Crippen molar-refractivity contribution in [2.45, 2.75) is 58.1 Å². The van der Waals surface area contributed by atoms with Crippen LogP contribution in [0.2, 0.25) is 0 Å². The van der Waals surface area contributed by atoms with Crippen molar-refractivity contribution in [3.05, 3.63) is 23.8 Å². The first-order valence-electron chi connectivity index (χ1n) is 9.46. The molecule has 3 rings (SSSR count). The van der Waals surface area contributed by atoms with Crippen molar-refractivity contribution >= 4 is 0 Å². The van der Waals surface area contributed by atoms with E-state index >= 15 is 0 Å². The van der Waals surface area contributed by atoms with E-state index in [1.165, 1.54) is 0 Å². The molecule has 4 heteroatoms. The Morgan fingerprint density at radius 3 is 2.28 bits per heavy atom. The molecular weight excluding hydrogens is 314 g/mol. The predicted octanol–water partition coefficient (Wildman–Crippen LogP) is 3.81. The highest BCUT2D eigenvalue weighted by Gasteiger charge is 2.50. The number of rotatable bonds is 3. The molecule has 4 atom stereocenters. The average Bonchev–Trinajstić information content (AvgIpc) is 2.67. The van der Waals surface area contributed by atoms with Gasteiger partial charge in [0.05, 0.1) is 14.2 Å². The first-order valence-corrected chi connectivity index (χ1v) is 9.46. The molecule has 2 saturated heterocycles. The third kappa shape index (κ3) is 3.39. The Kier molecular flexibility index (Phi) is 5.04. The van der Waals surface area contributed by atoms with Crippen LogP contribution in [0.5, 0.6) is 11.5 Å². The largest absolute Gasteiger partial charge is 0.497 e. The highest BCUT2D eigenvalue weighted by Crippen LogP contribution is 2.50. The molecule has 2 fully saturated rings. The van der Waals surface area contributed by atoms with Crippen LogP contribution in [0, 0.1) is 11.3 Å². The van der Waals surface area contributed by atoms with Gasteiger partial charge in [0.1, 0.15) is 17.7 Å². The van der Waals surface area contributed by atoms with Gasteiger partial charge in [-0.25, -0.2) is 0 Å². The summed E-state index contributed by atoms with van der Waals surface area (Å²) in [5, 5.41) is 11.3. The normalized spacial score (nSPS) is 32.8. The Labute approximate surface area is 152 Å². The third-order valence-corrected chi connectivity index (χ3v) is 6.43. The van der Waals surface area contributed by atoms with Crippen LogP contribution in [0.3, 0.4) is 0 Å². The van der Waals surface area contributed by atoms with E-state index < -0.39 is 6.23 Å². The molecule has 1 N–H and O–H groups in total. The lowest BCUT2D eigenvalue weighted by atomic mass is 9.64. The van der Waals surface area contributed by atoms with Crippen LogP contribution in [0.4, 0.5) is 0 Å². The van der Waals surface area contributed by atoms with Gasteiger partial charge in [-0.05, 0) is 54.7 Å². The Morgan fingerprint density at radius 1 is 1.08 bits per heavy atom. The maximum Gasteiger partial charge on any atom is 0.122 e.